The predicted molar refractivity (Wildman–Crippen MR) is 69.1 cm³/mol. The van der Waals surface area contributed by atoms with E-state index < -0.39 is 0 Å². The molecule has 2 heterocycles. The number of pyridine rings is 1. The molecule has 1 atom stereocenters. The van der Waals surface area contributed by atoms with Gasteiger partial charge in [-0.25, -0.2) is 0 Å². The summed E-state index contributed by atoms with van der Waals surface area (Å²) in [4.78, 5) is 7.39. The summed E-state index contributed by atoms with van der Waals surface area (Å²) < 4.78 is 0. The van der Waals surface area contributed by atoms with Crippen molar-refractivity contribution in [1.82, 2.24) is 10.3 Å². The van der Waals surface area contributed by atoms with E-state index in [1.807, 2.05) is 18.5 Å². The van der Waals surface area contributed by atoms with Crippen molar-refractivity contribution in [2.24, 2.45) is 0 Å². The molecule has 1 unspecified atom stereocenters. The monoisotopic (exact) mass is 285 g/mol. The first-order chi connectivity index (χ1) is 7.90. The Morgan fingerprint density at radius 2 is 2.50 bits per heavy atom. The van der Waals surface area contributed by atoms with Crippen molar-refractivity contribution in [2.45, 2.75) is 23.6 Å². The van der Waals surface area contributed by atoms with Crippen LogP contribution >= 0.6 is 0 Å². The molecule has 0 radical (unpaired) electrons. The summed E-state index contributed by atoms with van der Waals surface area (Å²) in [6, 6.07) is 4.17. The number of nitrogens with one attached hydrogen (secondary N) is 1. The second-order valence-electron chi connectivity index (χ2n) is 3.89. The molecule has 1 saturated heterocycles. The van der Waals surface area contributed by atoms with Gasteiger partial charge in [0.15, 0.2) is 0 Å². The molecule has 1 aromatic heterocycles. The van der Waals surface area contributed by atoms with Gasteiger partial charge < -0.3 is 0 Å². The van der Waals surface area contributed by atoms with Gasteiger partial charge in [0.25, 0.3) is 0 Å². The number of anilines is 1. The molecule has 0 aliphatic carbocycles. The molecule has 4 heteroatoms. The molecule has 0 saturated carbocycles. The third kappa shape index (κ3) is 3.21. The van der Waals surface area contributed by atoms with E-state index >= 15 is 0 Å². The third-order valence-corrected chi connectivity index (χ3v) is 5.18. The summed E-state index contributed by atoms with van der Waals surface area (Å²) >= 11 is 0.755. The van der Waals surface area contributed by atoms with Gasteiger partial charge in [-0.15, -0.1) is 0 Å². The zero-order chi connectivity index (χ0) is 11.2. The molecule has 0 amide bonds. The average molecular weight is 284 g/mol. The van der Waals surface area contributed by atoms with Crippen molar-refractivity contribution in [3.05, 3.63) is 24.5 Å². The van der Waals surface area contributed by atoms with Crippen LogP contribution in [0.4, 0.5) is 5.69 Å². The Labute approximate surface area is 104 Å². The fourth-order valence-corrected chi connectivity index (χ4v) is 3.90. The first kappa shape index (κ1) is 11.9. The second kappa shape index (κ2) is 6.24. The molecule has 1 fully saturated rings. The van der Waals surface area contributed by atoms with E-state index in [1.54, 1.807) is 0 Å². The van der Waals surface area contributed by atoms with Crippen molar-refractivity contribution in [3.8, 4) is 0 Å². The van der Waals surface area contributed by atoms with Crippen LogP contribution in [0.2, 0.25) is 5.32 Å². The molecule has 2 rings (SSSR count). The SMILES string of the molecule is CC[Se]C1CCN(c2cccnc2)CCN1. The Balaban J connectivity index is 1.94. The minimum atomic E-state index is 0.755. The zero-order valence-electron chi connectivity index (χ0n) is 9.72. The van der Waals surface area contributed by atoms with E-state index in [1.165, 1.54) is 17.4 Å². The van der Waals surface area contributed by atoms with Crippen LogP contribution in [0.15, 0.2) is 24.5 Å². The number of hydrogen-bond acceptors (Lipinski definition) is 3. The quantitative estimate of drug-likeness (QED) is 0.849. The Kier molecular flexibility index (Phi) is 4.64. The molecule has 1 aromatic rings. The van der Waals surface area contributed by atoms with E-state index in [0.717, 1.165) is 39.5 Å². The third-order valence-electron chi connectivity index (χ3n) is 2.79. The van der Waals surface area contributed by atoms with E-state index in [9.17, 15) is 0 Å². The number of hydrogen-bond donors (Lipinski definition) is 1. The first-order valence-electron chi connectivity index (χ1n) is 5.90. The Morgan fingerprint density at radius 1 is 1.56 bits per heavy atom. The predicted octanol–water partition coefficient (Wildman–Crippen LogP) is 1.35. The number of aromatic nitrogens is 1. The minimum absolute atomic E-state index is 0.755. The van der Waals surface area contributed by atoms with E-state index in [0.29, 0.717) is 0 Å². The molecule has 88 valence electrons. The molecular weight excluding hydrogens is 265 g/mol. The molecule has 1 N–H and O–H groups in total. The van der Waals surface area contributed by atoms with Gasteiger partial charge in [-0.1, -0.05) is 0 Å². The maximum absolute atomic E-state index is 4.19. The van der Waals surface area contributed by atoms with Crippen LogP contribution in [0.1, 0.15) is 13.3 Å². The summed E-state index contributed by atoms with van der Waals surface area (Å²) in [5, 5.41) is 4.98. The standard InChI is InChI=1S/C12H19N3Se/c1-2-16-12-5-8-15(9-7-14-12)11-4-3-6-13-10-11/h3-4,6,10,12,14H,2,5,7-9H2,1H3. The fraction of sp³-hybridized carbons (Fsp3) is 0.583. The van der Waals surface area contributed by atoms with Gasteiger partial charge in [0.2, 0.25) is 0 Å². The normalized spacial score (nSPS) is 21.8. The van der Waals surface area contributed by atoms with E-state index in [2.05, 4.69) is 28.2 Å². The van der Waals surface area contributed by atoms with Gasteiger partial charge in [0.05, 0.1) is 0 Å². The summed E-state index contributed by atoms with van der Waals surface area (Å²) in [5.41, 5.74) is 1.26. The van der Waals surface area contributed by atoms with Crippen molar-refractivity contribution in [3.63, 3.8) is 0 Å². The zero-order valence-corrected chi connectivity index (χ0v) is 11.4. The summed E-state index contributed by atoms with van der Waals surface area (Å²) in [6.45, 7) is 5.64. The number of nitrogens with zero attached hydrogens (tertiary/aromatic N) is 2. The van der Waals surface area contributed by atoms with Gasteiger partial charge in [-0.05, 0) is 0 Å². The molecule has 1 aliphatic rings. The van der Waals surface area contributed by atoms with Gasteiger partial charge in [0.1, 0.15) is 0 Å². The van der Waals surface area contributed by atoms with Crippen LogP contribution in [0, 0.1) is 0 Å². The molecule has 0 spiro atoms. The Bertz CT molecular complexity index is 304. The van der Waals surface area contributed by atoms with Gasteiger partial charge in [0, 0.05) is 0 Å². The molecule has 3 nitrogen and oxygen atoms in total. The van der Waals surface area contributed by atoms with Gasteiger partial charge in [-0.3, -0.25) is 0 Å². The number of rotatable bonds is 3. The van der Waals surface area contributed by atoms with Crippen LogP contribution in [-0.4, -0.2) is 44.5 Å². The maximum atomic E-state index is 4.19. The molecule has 16 heavy (non-hydrogen) atoms. The first-order valence-corrected chi connectivity index (χ1v) is 8.10. The summed E-state index contributed by atoms with van der Waals surface area (Å²) in [5.74, 6) is 0. The van der Waals surface area contributed by atoms with Gasteiger partial charge in [-0.2, -0.15) is 0 Å². The van der Waals surface area contributed by atoms with Crippen molar-refractivity contribution >= 4 is 20.6 Å². The van der Waals surface area contributed by atoms with Crippen LogP contribution in [0.3, 0.4) is 0 Å². The Hall–Kier alpha value is -0.571. The van der Waals surface area contributed by atoms with Crippen LogP contribution < -0.4 is 10.2 Å². The van der Waals surface area contributed by atoms with Crippen molar-refractivity contribution in [1.29, 1.82) is 0 Å². The van der Waals surface area contributed by atoms with Crippen molar-refractivity contribution in [2.75, 3.05) is 24.5 Å². The van der Waals surface area contributed by atoms with E-state index in [4.69, 9.17) is 0 Å². The van der Waals surface area contributed by atoms with Gasteiger partial charge >= 0.3 is 104 Å². The van der Waals surface area contributed by atoms with Crippen LogP contribution in [0.5, 0.6) is 0 Å². The van der Waals surface area contributed by atoms with Crippen LogP contribution in [-0.2, 0) is 0 Å². The molecule has 0 aromatic carbocycles. The van der Waals surface area contributed by atoms with Crippen LogP contribution in [0.25, 0.3) is 0 Å². The van der Waals surface area contributed by atoms with Crippen molar-refractivity contribution < 1.29 is 0 Å². The molecule has 0 bridgehead atoms. The molecular formula is C12H19N3Se. The van der Waals surface area contributed by atoms with E-state index in [-0.39, 0.29) is 0 Å². The topological polar surface area (TPSA) is 28.2 Å². The summed E-state index contributed by atoms with van der Waals surface area (Å²) in [6.07, 6.45) is 5.07. The Morgan fingerprint density at radius 3 is 3.25 bits per heavy atom. The average Bonchev–Trinajstić information content (AvgIpc) is 2.57. The molecule has 1 aliphatic heterocycles. The second-order valence-corrected chi connectivity index (χ2v) is 6.99. The fourth-order valence-electron chi connectivity index (χ4n) is 1.99. The summed E-state index contributed by atoms with van der Waals surface area (Å²) in [7, 11) is 0.